The highest BCUT2D eigenvalue weighted by atomic mass is 19.1. The van der Waals surface area contributed by atoms with E-state index in [2.05, 4.69) is 10.6 Å². The summed E-state index contributed by atoms with van der Waals surface area (Å²) in [6.45, 7) is 4.71. The van der Waals surface area contributed by atoms with E-state index in [9.17, 15) is 9.18 Å². The summed E-state index contributed by atoms with van der Waals surface area (Å²) in [6, 6.07) is 4.33. The molecule has 0 heterocycles. The molecule has 0 aliphatic carbocycles. The maximum Gasteiger partial charge on any atom is 0.238 e. The van der Waals surface area contributed by atoms with Crippen molar-refractivity contribution in [1.82, 2.24) is 5.32 Å². The van der Waals surface area contributed by atoms with Gasteiger partial charge in [0.1, 0.15) is 5.82 Å². The van der Waals surface area contributed by atoms with Crippen molar-refractivity contribution in [3.8, 4) is 0 Å². The first kappa shape index (κ1) is 11.7. The van der Waals surface area contributed by atoms with Gasteiger partial charge in [0.2, 0.25) is 5.91 Å². The van der Waals surface area contributed by atoms with Crippen molar-refractivity contribution < 1.29 is 9.18 Å². The van der Waals surface area contributed by atoms with Gasteiger partial charge in [0.15, 0.2) is 0 Å². The van der Waals surface area contributed by atoms with Crippen molar-refractivity contribution in [2.45, 2.75) is 13.8 Å². The Morgan fingerprint density at radius 1 is 1.47 bits per heavy atom. The minimum atomic E-state index is -0.348. The van der Waals surface area contributed by atoms with Gasteiger partial charge in [-0.2, -0.15) is 0 Å². The normalized spacial score (nSPS) is 10.1. The number of carbonyl (C=O) groups excluding carboxylic acids is 1. The van der Waals surface area contributed by atoms with Crippen molar-refractivity contribution in [1.29, 1.82) is 0 Å². The van der Waals surface area contributed by atoms with Crippen LogP contribution in [0.5, 0.6) is 0 Å². The van der Waals surface area contributed by atoms with Crippen LogP contribution in [0, 0.1) is 12.7 Å². The van der Waals surface area contributed by atoms with Gasteiger partial charge in [-0.25, -0.2) is 4.39 Å². The van der Waals surface area contributed by atoms with Crippen LogP contribution in [0.1, 0.15) is 12.5 Å². The molecule has 0 bridgehead atoms. The van der Waals surface area contributed by atoms with Crippen LogP contribution in [0.3, 0.4) is 0 Å². The molecule has 0 aliphatic rings. The summed E-state index contributed by atoms with van der Waals surface area (Å²) in [6.07, 6.45) is 0. The van der Waals surface area contributed by atoms with Crippen LogP contribution in [0.25, 0.3) is 0 Å². The minimum absolute atomic E-state index is 0.162. The molecule has 0 spiro atoms. The van der Waals surface area contributed by atoms with Gasteiger partial charge < -0.3 is 10.6 Å². The number of hydrogen-bond donors (Lipinski definition) is 2. The van der Waals surface area contributed by atoms with Crippen molar-refractivity contribution in [3.05, 3.63) is 29.6 Å². The smallest absolute Gasteiger partial charge is 0.238 e. The lowest BCUT2D eigenvalue weighted by Crippen LogP contribution is -2.28. The zero-order chi connectivity index (χ0) is 11.3. The van der Waals surface area contributed by atoms with Crippen LogP contribution in [-0.4, -0.2) is 19.0 Å². The van der Waals surface area contributed by atoms with Gasteiger partial charge in [-0.3, -0.25) is 4.79 Å². The highest BCUT2D eigenvalue weighted by Gasteiger charge is 2.04. The lowest BCUT2D eigenvalue weighted by Gasteiger charge is -2.08. The molecule has 3 nitrogen and oxygen atoms in total. The Bertz CT molecular complexity index is 352. The van der Waals surface area contributed by atoms with E-state index in [1.54, 1.807) is 6.07 Å². The molecule has 2 N–H and O–H groups in total. The molecule has 1 aromatic carbocycles. The first-order valence-electron chi connectivity index (χ1n) is 4.90. The number of carbonyl (C=O) groups is 1. The molecule has 0 saturated carbocycles. The van der Waals surface area contributed by atoms with E-state index < -0.39 is 0 Å². The van der Waals surface area contributed by atoms with E-state index in [0.717, 1.165) is 12.1 Å². The van der Waals surface area contributed by atoms with Crippen LogP contribution in [-0.2, 0) is 4.79 Å². The van der Waals surface area contributed by atoms with E-state index in [4.69, 9.17) is 0 Å². The first-order chi connectivity index (χ1) is 7.13. The standard InChI is InChI=1S/C11H15FN2O/c1-3-13-7-11(15)14-10-6-9(12)5-4-8(10)2/h4-6,13H,3,7H2,1-2H3,(H,14,15). The van der Waals surface area contributed by atoms with Gasteiger partial charge in [-0.15, -0.1) is 0 Å². The molecule has 1 aromatic rings. The maximum absolute atomic E-state index is 12.9. The predicted octanol–water partition coefficient (Wildman–Crippen LogP) is 1.68. The molecule has 0 fully saturated rings. The molecule has 0 radical (unpaired) electrons. The highest BCUT2D eigenvalue weighted by molar-refractivity contribution is 5.92. The summed E-state index contributed by atoms with van der Waals surface area (Å²) >= 11 is 0. The van der Waals surface area contributed by atoms with E-state index in [1.165, 1.54) is 12.1 Å². The molecule has 0 unspecified atom stereocenters. The van der Waals surface area contributed by atoms with Crippen molar-refractivity contribution in [2.24, 2.45) is 0 Å². The third kappa shape index (κ3) is 3.67. The lowest BCUT2D eigenvalue weighted by molar-refractivity contribution is -0.115. The molecule has 4 heteroatoms. The van der Waals surface area contributed by atoms with Crippen LogP contribution < -0.4 is 10.6 Å². The van der Waals surface area contributed by atoms with E-state index in [0.29, 0.717) is 5.69 Å². The molecule has 1 amide bonds. The average molecular weight is 210 g/mol. The molecule has 15 heavy (non-hydrogen) atoms. The summed E-state index contributed by atoms with van der Waals surface area (Å²) in [5.74, 6) is -0.509. The molecule has 0 aliphatic heterocycles. The number of likely N-dealkylation sites (N-methyl/N-ethyl adjacent to an activating group) is 1. The summed E-state index contributed by atoms with van der Waals surface area (Å²) in [7, 11) is 0. The molecular formula is C11H15FN2O. The zero-order valence-corrected chi connectivity index (χ0v) is 8.93. The second kappa shape index (κ2) is 5.46. The van der Waals surface area contributed by atoms with Gasteiger partial charge in [-0.1, -0.05) is 13.0 Å². The van der Waals surface area contributed by atoms with Gasteiger partial charge in [0.05, 0.1) is 6.54 Å². The van der Waals surface area contributed by atoms with Crippen LogP contribution in [0.15, 0.2) is 18.2 Å². The quantitative estimate of drug-likeness (QED) is 0.794. The maximum atomic E-state index is 12.9. The van der Waals surface area contributed by atoms with Crippen LogP contribution in [0.4, 0.5) is 10.1 Å². The Kier molecular flexibility index (Phi) is 4.24. The number of aryl methyl sites for hydroxylation is 1. The third-order valence-corrected chi connectivity index (χ3v) is 2.01. The molecular weight excluding hydrogens is 195 g/mol. The number of benzene rings is 1. The van der Waals surface area contributed by atoms with Crippen LogP contribution >= 0.6 is 0 Å². The van der Waals surface area contributed by atoms with Gasteiger partial charge >= 0.3 is 0 Å². The SMILES string of the molecule is CCNCC(=O)Nc1cc(F)ccc1C. The predicted molar refractivity (Wildman–Crippen MR) is 58.3 cm³/mol. The van der Waals surface area contributed by atoms with Crippen LogP contribution in [0.2, 0.25) is 0 Å². The van der Waals surface area contributed by atoms with E-state index in [1.807, 2.05) is 13.8 Å². The number of rotatable bonds is 4. The minimum Gasteiger partial charge on any atom is -0.325 e. The summed E-state index contributed by atoms with van der Waals surface area (Å²) in [5.41, 5.74) is 1.37. The molecule has 82 valence electrons. The third-order valence-electron chi connectivity index (χ3n) is 2.01. The first-order valence-corrected chi connectivity index (χ1v) is 4.90. The lowest BCUT2D eigenvalue weighted by atomic mass is 10.2. The second-order valence-corrected chi connectivity index (χ2v) is 3.29. The number of anilines is 1. The number of nitrogens with one attached hydrogen (secondary N) is 2. The second-order valence-electron chi connectivity index (χ2n) is 3.29. The van der Waals surface area contributed by atoms with Gasteiger partial charge in [0, 0.05) is 5.69 Å². The number of hydrogen-bond acceptors (Lipinski definition) is 2. The fourth-order valence-electron chi connectivity index (χ4n) is 1.16. The topological polar surface area (TPSA) is 41.1 Å². The monoisotopic (exact) mass is 210 g/mol. The summed E-state index contributed by atoms with van der Waals surface area (Å²) in [5, 5.41) is 5.54. The summed E-state index contributed by atoms with van der Waals surface area (Å²) < 4.78 is 12.9. The summed E-state index contributed by atoms with van der Waals surface area (Å²) in [4.78, 5) is 11.3. The van der Waals surface area contributed by atoms with E-state index >= 15 is 0 Å². The Morgan fingerprint density at radius 2 is 2.20 bits per heavy atom. The fraction of sp³-hybridized carbons (Fsp3) is 0.364. The molecule has 0 atom stereocenters. The Labute approximate surface area is 88.7 Å². The number of amides is 1. The highest BCUT2D eigenvalue weighted by Crippen LogP contribution is 2.15. The fourth-order valence-corrected chi connectivity index (χ4v) is 1.16. The van der Waals surface area contributed by atoms with Crippen molar-refractivity contribution >= 4 is 11.6 Å². The Hall–Kier alpha value is -1.42. The molecule has 1 rings (SSSR count). The Morgan fingerprint density at radius 3 is 2.87 bits per heavy atom. The van der Waals surface area contributed by atoms with Crippen molar-refractivity contribution in [2.75, 3.05) is 18.4 Å². The number of halogens is 1. The molecule has 0 saturated heterocycles. The van der Waals surface area contributed by atoms with Gasteiger partial charge in [-0.05, 0) is 31.2 Å². The largest absolute Gasteiger partial charge is 0.325 e. The molecule has 0 aromatic heterocycles. The van der Waals surface area contributed by atoms with Gasteiger partial charge in [0.25, 0.3) is 0 Å². The van der Waals surface area contributed by atoms with Crippen molar-refractivity contribution in [3.63, 3.8) is 0 Å². The average Bonchev–Trinajstić information content (AvgIpc) is 2.20. The Balaban J connectivity index is 2.63. The zero-order valence-electron chi connectivity index (χ0n) is 8.93. The van der Waals surface area contributed by atoms with E-state index in [-0.39, 0.29) is 18.3 Å².